The maximum Gasteiger partial charge on any atom is 0.490 e. The van der Waals surface area contributed by atoms with Gasteiger partial charge >= 0.3 is 12.1 Å². The van der Waals surface area contributed by atoms with E-state index in [1.807, 2.05) is 6.07 Å². The number of halogens is 3. The van der Waals surface area contributed by atoms with Gasteiger partial charge in [0, 0.05) is 43.2 Å². The van der Waals surface area contributed by atoms with Gasteiger partial charge in [0.05, 0.1) is 0 Å². The summed E-state index contributed by atoms with van der Waals surface area (Å²) in [7, 11) is 0. The minimum absolute atomic E-state index is 0.300. The Morgan fingerprint density at radius 1 is 1.09 bits per heavy atom. The number of aryl methyl sites for hydroxylation is 1. The largest absolute Gasteiger partial charge is 0.490 e. The van der Waals surface area contributed by atoms with E-state index in [0.29, 0.717) is 24.8 Å². The lowest BCUT2D eigenvalue weighted by Gasteiger charge is -2.32. The zero-order chi connectivity index (χ0) is 25.4. The second-order valence-corrected chi connectivity index (χ2v) is 8.62. The normalized spacial score (nSPS) is 14.5. The molecule has 4 N–H and O–H groups in total. The first kappa shape index (κ1) is 26.3. The third kappa shape index (κ3) is 7.32. The van der Waals surface area contributed by atoms with Crippen molar-refractivity contribution in [1.29, 1.82) is 0 Å². The van der Waals surface area contributed by atoms with Gasteiger partial charge < -0.3 is 20.7 Å². The molecule has 0 atom stereocenters. The van der Waals surface area contributed by atoms with Gasteiger partial charge in [0.15, 0.2) is 0 Å². The van der Waals surface area contributed by atoms with Gasteiger partial charge in [-0.1, -0.05) is 42.5 Å². The highest BCUT2D eigenvalue weighted by atomic mass is 19.4. The summed E-state index contributed by atoms with van der Waals surface area (Å²) < 4.78 is 31.7. The van der Waals surface area contributed by atoms with E-state index in [2.05, 4.69) is 58.5 Å². The summed E-state index contributed by atoms with van der Waals surface area (Å²) >= 11 is 0. The van der Waals surface area contributed by atoms with Crippen molar-refractivity contribution >= 4 is 22.8 Å². The summed E-state index contributed by atoms with van der Waals surface area (Å²) in [5.74, 6) is -1.91. The van der Waals surface area contributed by atoms with Gasteiger partial charge in [-0.25, -0.2) is 4.79 Å². The number of aromatic amines is 1. The Balaban J connectivity index is 0.000000429. The molecule has 1 fully saturated rings. The Hall–Kier alpha value is -3.33. The first-order chi connectivity index (χ1) is 16.7. The Bertz CT molecular complexity index is 1140. The summed E-state index contributed by atoms with van der Waals surface area (Å²) in [5, 5.41) is 8.40. The number of hydrogen-bond acceptors (Lipinski definition) is 3. The number of carbonyl (C=O) groups excluding carboxylic acids is 1. The number of carboxylic acid groups (broad SMARTS) is 1. The molecule has 1 saturated heterocycles. The number of fused-ring (bicyclic) bond motifs is 1. The predicted octanol–water partition coefficient (Wildman–Crippen LogP) is 4.99. The zero-order valence-electron chi connectivity index (χ0n) is 19.4. The van der Waals surface area contributed by atoms with Gasteiger partial charge in [0.2, 0.25) is 5.91 Å². The molecule has 35 heavy (non-hydrogen) atoms. The standard InChI is InChI=1S/C24H29N3O.C2HF3O2/c25-16-18-5-3-6-20(15-18)19-11-13-27(14-12-19)24(28)10-4-7-21-17-26-23-9-2-1-8-22(21)23;3-2(4,5)1(6)7/h1-3,5-6,8-9,15,17,19,26H,4,7,10-14,16,25H2;(H,6,7). The summed E-state index contributed by atoms with van der Waals surface area (Å²) in [6.07, 6.45) is 1.56. The lowest BCUT2D eigenvalue weighted by atomic mass is 9.88. The Morgan fingerprint density at radius 3 is 2.43 bits per heavy atom. The molecule has 0 aliphatic carbocycles. The number of para-hydroxylation sites is 1. The van der Waals surface area contributed by atoms with E-state index in [9.17, 15) is 18.0 Å². The molecule has 3 aromatic rings. The number of aliphatic carboxylic acids is 1. The summed E-state index contributed by atoms with van der Waals surface area (Å²) in [4.78, 5) is 26.9. The maximum atomic E-state index is 12.6. The highest BCUT2D eigenvalue weighted by Crippen LogP contribution is 2.29. The molecule has 1 aromatic heterocycles. The van der Waals surface area contributed by atoms with Crippen LogP contribution in [-0.2, 0) is 22.6 Å². The highest BCUT2D eigenvalue weighted by molar-refractivity contribution is 5.83. The fourth-order valence-corrected chi connectivity index (χ4v) is 4.36. The van der Waals surface area contributed by atoms with Gasteiger partial charge in [0.25, 0.3) is 0 Å². The average Bonchev–Trinajstić information content (AvgIpc) is 3.27. The molecule has 2 aromatic carbocycles. The van der Waals surface area contributed by atoms with Crippen molar-refractivity contribution in [3.8, 4) is 0 Å². The van der Waals surface area contributed by atoms with Crippen LogP contribution in [0.4, 0.5) is 13.2 Å². The van der Waals surface area contributed by atoms with Crippen LogP contribution in [0.1, 0.15) is 48.3 Å². The van der Waals surface area contributed by atoms with Crippen LogP contribution in [0.25, 0.3) is 10.9 Å². The van der Waals surface area contributed by atoms with Crippen molar-refractivity contribution in [3.05, 3.63) is 71.4 Å². The summed E-state index contributed by atoms with van der Waals surface area (Å²) in [6.45, 7) is 2.31. The van der Waals surface area contributed by atoms with Crippen molar-refractivity contribution in [2.45, 2.75) is 50.7 Å². The number of nitrogens with two attached hydrogens (primary N) is 1. The number of likely N-dealkylation sites (tertiary alicyclic amines) is 1. The first-order valence-electron chi connectivity index (χ1n) is 11.6. The van der Waals surface area contributed by atoms with Gasteiger partial charge in [-0.2, -0.15) is 13.2 Å². The average molecular weight is 490 g/mol. The third-order valence-corrected chi connectivity index (χ3v) is 6.26. The number of hydrogen-bond donors (Lipinski definition) is 3. The number of nitrogens with one attached hydrogen (secondary N) is 1. The van der Waals surface area contributed by atoms with E-state index >= 15 is 0 Å². The molecule has 6 nitrogen and oxygen atoms in total. The first-order valence-corrected chi connectivity index (χ1v) is 11.6. The van der Waals surface area contributed by atoms with Crippen LogP contribution in [0.2, 0.25) is 0 Å². The summed E-state index contributed by atoms with van der Waals surface area (Å²) in [5.41, 5.74) is 10.8. The van der Waals surface area contributed by atoms with E-state index in [0.717, 1.165) is 38.8 Å². The minimum atomic E-state index is -5.08. The lowest BCUT2D eigenvalue weighted by Crippen LogP contribution is -2.37. The molecule has 4 rings (SSSR count). The fourth-order valence-electron chi connectivity index (χ4n) is 4.36. The highest BCUT2D eigenvalue weighted by Gasteiger charge is 2.38. The summed E-state index contributed by atoms with van der Waals surface area (Å²) in [6, 6.07) is 17.0. The van der Waals surface area contributed by atoms with Crippen molar-refractivity contribution in [3.63, 3.8) is 0 Å². The van der Waals surface area contributed by atoms with E-state index < -0.39 is 12.1 Å². The van der Waals surface area contributed by atoms with Crippen molar-refractivity contribution < 1.29 is 27.9 Å². The lowest BCUT2D eigenvalue weighted by molar-refractivity contribution is -0.192. The van der Waals surface area contributed by atoms with Gasteiger partial charge in [-0.15, -0.1) is 0 Å². The quantitative estimate of drug-likeness (QED) is 0.454. The van der Waals surface area contributed by atoms with Crippen LogP contribution in [0, 0.1) is 0 Å². The van der Waals surface area contributed by atoms with Crippen LogP contribution in [0.5, 0.6) is 0 Å². The van der Waals surface area contributed by atoms with E-state index in [-0.39, 0.29) is 0 Å². The minimum Gasteiger partial charge on any atom is -0.475 e. The molecular formula is C26H30F3N3O3. The number of carbonyl (C=O) groups is 2. The molecule has 0 bridgehead atoms. The van der Waals surface area contributed by atoms with E-state index in [1.54, 1.807) is 0 Å². The number of rotatable bonds is 6. The molecule has 1 aliphatic rings. The van der Waals surface area contributed by atoms with E-state index in [4.69, 9.17) is 15.6 Å². The predicted molar refractivity (Wildman–Crippen MR) is 128 cm³/mol. The van der Waals surface area contributed by atoms with Gasteiger partial charge in [-0.05, 0) is 54.4 Å². The van der Waals surface area contributed by atoms with Crippen molar-refractivity contribution in [2.75, 3.05) is 13.1 Å². The molecule has 1 amide bonds. The van der Waals surface area contributed by atoms with Crippen molar-refractivity contribution in [2.24, 2.45) is 5.73 Å². The molecule has 1 aliphatic heterocycles. The molecule has 0 unspecified atom stereocenters. The van der Waals surface area contributed by atoms with Crippen LogP contribution in [0.15, 0.2) is 54.7 Å². The van der Waals surface area contributed by atoms with Crippen LogP contribution in [-0.4, -0.2) is 46.1 Å². The number of alkyl halides is 3. The van der Waals surface area contributed by atoms with Crippen molar-refractivity contribution in [1.82, 2.24) is 9.88 Å². The molecule has 0 spiro atoms. The van der Waals surface area contributed by atoms with Gasteiger partial charge in [-0.3, -0.25) is 4.79 Å². The molecule has 9 heteroatoms. The number of carboxylic acids is 1. The third-order valence-electron chi connectivity index (χ3n) is 6.26. The Labute approximate surface area is 201 Å². The number of aromatic nitrogens is 1. The Morgan fingerprint density at radius 2 is 1.77 bits per heavy atom. The number of benzene rings is 2. The smallest absolute Gasteiger partial charge is 0.475 e. The maximum absolute atomic E-state index is 12.6. The number of nitrogens with zero attached hydrogens (tertiary/aromatic N) is 1. The second-order valence-electron chi connectivity index (χ2n) is 8.62. The molecule has 2 heterocycles. The zero-order valence-corrected chi connectivity index (χ0v) is 19.4. The molecule has 0 saturated carbocycles. The van der Waals surface area contributed by atoms with Crippen LogP contribution < -0.4 is 5.73 Å². The molecule has 188 valence electrons. The SMILES string of the molecule is NCc1cccc(C2CCN(C(=O)CCCc3c[nH]c4ccccc34)CC2)c1.O=C(O)C(F)(F)F. The number of H-pyrrole nitrogens is 1. The van der Waals surface area contributed by atoms with E-state index in [1.165, 1.54) is 27.6 Å². The second kappa shape index (κ2) is 11.9. The Kier molecular flexibility index (Phi) is 8.92. The molecule has 0 radical (unpaired) electrons. The topological polar surface area (TPSA) is 99.4 Å². The molecular weight excluding hydrogens is 459 g/mol. The van der Waals surface area contributed by atoms with Crippen LogP contribution >= 0.6 is 0 Å². The monoisotopic (exact) mass is 489 g/mol. The fraction of sp³-hybridized carbons (Fsp3) is 0.385. The van der Waals surface area contributed by atoms with Crippen LogP contribution in [0.3, 0.4) is 0 Å². The van der Waals surface area contributed by atoms with Gasteiger partial charge in [0.1, 0.15) is 0 Å². The number of amides is 1. The number of piperidine rings is 1.